The fourth-order valence-corrected chi connectivity index (χ4v) is 2.64. The zero-order valence-corrected chi connectivity index (χ0v) is 13.8. The normalized spacial score (nSPS) is 15.9. The number of halogens is 1. The average molecular weight is 373 g/mol. The molecular weight excluding hydrogens is 360 g/mol. The molecule has 6 heteroatoms. The van der Waals surface area contributed by atoms with Crippen LogP contribution in [0.5, 0.6) is 5.75 Å². The molecule has 2 aromatic rings. The number of ether oxygens (including phenoxy) is 1. The van der Waals surface area contributed by atoms with Gasteiger partial charge in [-0.15, -0.1) is 0 Å². The number of carbonyl (C=O) groups excluding carboxylic acids is 2. The highest BCUT2D eigenvalue weighted by molar-refractivity contribution is 9.10. The number of benzene rings is 2. The lowest BCUT2D eigenvalue weighted by Gasteiger charge is -2.14. The summed E-state index contributed by atoms with van der Waals surface area (Å²) in [4.78, 5) is 24.6. The number of nitrogens with one attached hydrogen (secondary N) is 1. The zero-order valence-electron chi connectivity index (χ0n) is 12.2. The number of methoxy groups -OCH3 is 1. The maximum atomic E-state index is 12.5. The standard InChI is InChI=1S/C17H13BrN2O3/c1-23-14-7-2-4-11(8-14)9-15-16(21)19-20(17(15)22)13-6-3-5-12(18)10-13/h2-10H,1H3,(H,19,21). The monoisotopic (exact) mass is 372 g/mol. The molecule has 0 aromatic heterocycles. The third-order valence-corrected chi connectivity index (χ3v) is 3.86. The molecule has 3 rings (SSSR count). The fraction of sp³-hybridized carbons (Fsp3) is 0.0588. The molecule has 0 aliphatic carbocycles. The molecule has 0 atom stereocenters. The van der Waals surface area contributed by atoms with Crippen LogP contribution in [0.4, 0.5) is 5.69 Å². The van der Waals surface area contributed by atoms with E-state index in [0.717, 1.165) is 10.0 Å². The summed E-state index contributed by atoms with van der Waals surface area (Å²) in [5.74, 6) is -0.164. The van der Waals surface area contributed by atoms with Crippen LogP contribution in [-0.4, -0.2) is 18.9 Å². The number of carbonyl (C=O) groups is 2. The van der Waals surface area contributed by atoms with Crippen molar-refractivity contribution in [1.29, 1.82) is 0 Å². The quantitative estimate of drug-likeness (QED) is 0.665. The second kappa shape index (κ2) is 6.26. The lowest BCUT2D eigenvalue weighted by molar-refractivity contribution is -0.117. The van der Waals surface area contributed by atoms with Gasteiger partial charge >= 0.3 is 0 Å². The van der Waals surface area contributed by atoms with Gasteiger partial charge in [0.25, 0.3) is 11.8 Å². The number of hydrogen-bond donors (Lipinski definition) is 1. The maximum absolute atomic E-state index is 12.5. The molecule has 1 N–H and O–H groups in total. The molecule has 0 radical (unpaired) electrons. The molecule has 0 unspecified atom stereocenters. The molecule has 5 nitrogen and oxygen atoms in total. The van der Waals surface area contributed by atoms with Gasteiger partial charge in [-0.1, -0.05) is 34.1 Å². The number of rotatable bonds is 3. The van der Waals surface area contributed by atoms with E-state index in [1.54, 1.807) is 55.7 Å². The molecule has 1 aliphatic rings. The largest absolute Gasteiger partial charge is 0.497 e. The smallest absolute Gasteiger partial charge is 0.282 e. The summed E-state index contributed by atoms with van der Waals surface area (Å²) in [6.45, 7) is 0. The van der Waals surface area contributed by atoms with Crippen molar-refractivity contribution in [3.63, 3.8) is 0 Å². The van der Waals surface area contributed by atoms with E-state index >= 15 is 0 Å². The molecule has 0 bridgehead atoms. The molecular formula is C17H13BrN2O3. The van der Waals surface area contributed by atoms with Crippen LogP contribution in [0.25, 0.3) is 6.08 Å². The Bertz CT molecular complexity index is 817. The van der Waals surface area contributed by atoms with Gasteiger partial charge < -0.3 is 4.74 Å². The Balaban J connectivity index is 1.93. The van der Waals surface area contributed by atoms with Crippen LogP contribution >= 0.6 is 15.9 Å². The summed E-state index contributed by atoms with van der Waals surface area (Å²) < 4.78 is 5.97. The molecule has 2 amide bonds. The first-order chi connectivity index (χ1) is 11.1. The molecule has 0 saturated carbocycles. The summed E-state index contributed by atoms with van der Waals surface area (Å²) in [7, 11) is 1.56. The van der Waals surface area contributed by atoms with Crippen molar-refractivity contribution in [1.82, 2.24) is 5.43 Å². The van der Waals surface area contributed by atoms with Crippen LogP contribution in [0.2, 0.25) is 0 Å². The first kappa shape index (κ1) is 15.3. The minimum atomic E-state index is -0.433. The first-order valence-electron chi connectivity index (χ1n) is 6.85. The Hall–Kier alpha value is -2.60. The second-order valence-electron chi connectivity index (χ2n) is 4.90. The fourth-order valence-electron chi connectivity index (χ4n) is 2.25. The van der Waals surface area contributed by atoms with Gasteiger partial charge in [-0.2, -0.15) is 0 Å². The van der Waals surface area contributed by atoms with Crippen molar-refractivity contribution in [3.8, 4) is 5.75 Å². The van der Waals surface area contributed by atoms with Crippen molar-refractivity contribution in [2.24, 2.45) is 0 Å². The van der Waals surface area contributed by atoms with Gasteiger partial charge in [-0.25, -0.2) is 5.01 Å². The van der Waals surface area contributed by atoms with Crippen LogP contribution in [0.3, 0.4) is 0 Å². The molecule has 2 aromatic carbocycles. The third kappa shape index (κ3) is 3.12. The van der Waals surface area contributed by atoms with Crippen LogP contribution in [0.15, 0.2) is 58.6 Å². The summed E-state index contributed by atoms with van der Waals surface area (Å²) in [5.41, 5.74) is 3.96. The number of amides is 2. The highest BCUT2D eigenvalue weighted by Crippen LogP contribution is 2.24. The summed E-state index contributed by atoms with van der Waals surface area (Å²) in [6.07, 6.45) is 1.55. The molecule has 23 heavy (non-hydrogen) atoms. The number of anilines is 1. The predicted octanol–water partition coefficient (Wildman–Crippen LogP) is 2.92. The minimum Gasteiger partial charge on any atom is -0.497 e. The Kier molecular flexibility index (Phi) is 4.16. The minimum absolute atomic E-state index is 0.0817. The highest BCUT2D eigenvalue weighted by Gasteiger charge is 2.34. The van der Waals surface area contributed by atoms with Crippen molar-refractivity contribution in [2.75, 3.05) is 12.1 Å². The van der Waals surface area contributed by atoms with Crippen molar-refractivity contribution in [3.05, 3.63) is 64.1 Å². The molecule has 1 aliphatic heterocycles. The number of nitrogens with zero attached hydrogens (tertiary/aromatic N) is 1. The van der Waals surface area contributed by atoms with Gasteiger partial charge in [0.15, 0.2) is 0 Å². The van der Waals surface area contributed by atoms with Crippen LogP contribution in [0.1, 0.15) is 5.56 Å². The van der Waals surface area contributed by atoms with Crippen LogP contribution in [-0.2, 0) is 9.59 Å². The van der Waals surface area contributed by atoms with E-state index in [4.69, 9.17) is 4.74 Å². The lowest BCUT2D eigenvalue weighted by atomic mass is 10.1. The second-order valence-corrected chi connectivity index (χ2v) is 5.81. The van der Waals surface area contributed by atoms with E-state index in [0.29, 0.717) is 11.4 Å². The lowest BCUT2D eigenvalue weighted by Crippen LogP contribution is -2.35. The van der Waals surface area contributed by atoms with E-state index in [9.17, 15) is 9.59 Å². The molecule has 1 saturated heterocycles. The summed E-state index contributed by atoms with van der Waals surface area (Å²) in [6, 6.07) is 14.3. The van der Waals surface area contributed by atoms with Crippen LogP contribution in [0, 0.1) is 0 Å². The summed E-state index contributed by atoms with van der Waals surface area (Å²) in [5, 5.41) is 1.24. The van der Waals surface area contributed by atoms with E-state index in [1.165, 1.54) is 5.01 Å². The Morgan fingerprint density at radius 1 is 1.13 bits per heavy atom. The average Bonchev–Trinajstić information content (AvgIpc) is 2.83. The first-order valence-corrected chi connectivity index (χ1v) is 7.64. The van der Waals surface area contributed by atoms with Gasteiger partial charge in [0, 0.05) is 4.47 Å². The Morgan fingerprint density at radius 2 is 1.91 bits per heavy atom. The van der Waals surface area contributed by atoms with Gasteiger partial charge in [0.05, 0.1) is 12.8 Å². The van der Waals surface area contributed by atoms with Gasteiger partial charge in [-0.3, -0.25) is 15.0 Å². The van der Waals surface area contributed by atoms with Crippen LogP contribution < -0.4 is 15.2 Å². The van der Waals surface area contributed by atoms with Crippen molar-refractivity contribution in [2.45, 2.75) is 0 Å². The predicted molar refractivity (Wildman–Crippen MR) is 90.7 cm³/mol. The van der Waals surface area contributed by atoms with E-state index in [2.05, 4.69) is 21.4 Å². The van der Waals surface area contributed by atoms with Gasteiger partial charge in [-0.05, 0) is 42.0 Å². The maximum Gasteiger partial charge on any atom is 0.282 e. The van der Waals surface area contributed by atoms with E-state index in [-0.39, 0.29) is 5.57 Å². The zero-order chi connectivity index (χ0) is 16.4. The molecule has 116 valence electrons. The summed E-state index contributed by atoms with van der Waals surface area (Å²) >= 11 is 3.35. The van der Waals surface area contributed by atoms with E-state index in [1.807, 2.05) is 6.07 Å². The highest BCUT2D eigenvalue weighted by atomic mass is 79.9. The number of hydrogen-bond acceptors (Lipinski definition) is 3. The molecule has 1 heterocycles. The van der Waals surface area contributed by atoms with Crippen molar-refractivity contribution >= 4 is 39.5 Å². The van der Waals surface area contributed by atoms with Crippen molar-refractivity contribution < 1.29 is 14.3 Å². The number of hydrazine groups is 1. The van der Waals surface area contributed by atoms with Gasteiger partial charge in [0.1, 0.15) is 11.3 Å². The van der Waals surface area contributed by atoms with Gasteiger partial charge in [0.2, 0.25) is 0 Å². The molecule has 1 fully saturated rings. The Labute approximate surface area is 141 Å². The topological polar surface area (TPSA) is 58.6 Å². The molecule has 0 spiro atoms. The van der Waals surface area contributed by atoms with E-state index < -0.39 is 11.8 Å². The SMILES string of the molecule is COc1cccc(C=C2C(=O)NN(c3cccc(Br)c3)C2=O)c1. The third-order valence-electron chi connectivity index (χ3n) is 3.36. The Morgan fingerprint density at radius 3 is 2.65 bits per heavy atom.